The Morgan fingerprint density at radius 3 is 2.72 bits per heavy atom. The number of hydrazone groups is 1. The first-order chi connectivity index (χ1) is 15.2. The second-order valence-electron chi connectivity index (χ2n) is 7.59. The standard InChI is InChI=1S/C22H26ClN3O5S/c1-15(2)14-26(24-13-16-5-7-19(23)20(11-16)30-3)22-18-12-17(31-10-4-9-27)6-8-21(18)32(28,29)25-22/h5-8,11-13,15,27H,4,9-10,14H2,1-3H3/b24-13+. The average molecular weight is 480 g/mol. The second kappa shape index (κ2) is 10.3. The van der Waals surface area contributed by atoms with Crippen LogP contribution < -0.4 is 9.47 Å². The van der Waals surface area contributed by atoms with Gasteiger partial charge in [-0.2, -0.15) is 13.5 Å². The highest BCUT2D eigenvalue weighted by atomic mass is 35.5. The van der Waals surface area contributed by atoms with Gasteiger partial charge in [-0.15, -0.1) is 4.40 Å². The van der Waals surface area contributed by atoms with Gasteiger partial charge in [0.15, 0.2) is 5.84 Å². The summed E-state index contributed by atoms with van der Waals surface area (Å²) in [5.74, 6) is 1.43. The lowest BCUT2D eigenvalue weighted by Gasteiger charge is -2.21. The van der Waals surface area contributed by atoms with E-state index in [2.05, 4.69) is 9.50 Å². The minimum atomic E-state index is -3.84. The Bertz CT molecular complexity index is 1130. The molecule has 172 valence electrons. The predicted molar refractivity (Wildman–Crippen MR) is 125 cm³/mol. The molecule has 0 spiro atoms. The fourth-order valence-corrected chi connectivity index (χ4v) is 4.46. The molecule has 0 aliphatic carbocycles. The smallest absolute Gasteiger partial charge is 0.285 e. The van der Waals surface area contributed by atoms with E-state index in [1.165, 1.54) is 13.2 Å². The molecule has 0 saturated carbocycles. The van der Waals surface area contributed by atoms with Gasteiger partial charge >= 0.3 is 0 Å². The van der Waals surface area contributed by atoms with Crippen LogP contribution >= 0.6 is 11.6 Å². The molecule has 0 amide bonds. The third-order valence-electron chi connectivity index (χ3n) is 4.55. The van der Waals surface area contributed by atoms with Crippen molar-refractivity contribution >= 4 is 33.7 Å². The molecule has 1 aliphatic rings. The normalized spacial score (nSPS) is 14.5. The molecule has 2 aromatic rings. The van der Waals surface area contributed by atoms with Gasteiger partial charge in [0.05, 0.1) is 25.0 Å². The zero-order valence-electron chi connectivity index (χ0n) is 18.2. The Hall–Kier alpha value is -2.62. The number of methoxy groups -OCH3 is 1. The lowest BCUT2D eigenvalue weighted by molar-refractivity contribution is 0.233. The Balaban J connectivity index is 1.97. The van der Waals surface area contributed by atoms with Crippen LogP contribution in [0.1, 0.15) is 31.4 Å². The summed E-state index contributed by atoms with van der Waals surface area (Å²) in [4.78, 5) is 0.110. The number of aliphatic hydroxyl groups is 1. The number of nitrogens with zero attached hydrogens (tertiary/aromatic N) is 3. The zero-order chi connectivity index (χ0) is 23.3. The van der Waals surface area contributed by atoms with Crippen LogP contribution in [0.3, 0.4) is 0 Å². The van der Waals surface area contributed by atoms with Crippen LogP contribution in [0.25, 0.3) is 0 Å². The van der Waals surface area contributed by atoms with E-state index in [1.54, 1.807) is 41.6 Å². The summed E-state index contributed by atoms with van der Waals surface area (Å²) in [5.41, 5.74) is 1.17. The third kappa shape index (κ3) is 5.59. The highest BCUT2D eigenvalue weighted by Crippen LogP contribution is 2.31. The Morgan fingerprint density at radius 2 is 2.03 bits per heavy atom. The van der Waals surface area contributed by atoms with Crippen molar-refractivity contribution in [2.75, 3.05) is 26.9 Å². The van der Waals surface area contributed by atoms with Crippen molar-refractivity contribution in [3.05, 3.63) is 52.5 Å². The molecule has 0 radical (unpaired) electrons. The van der Waals surface area contributed by atoms with Gasteiger partial charge in [-0.3, -0.25) is 0 Å². The SMILES string of the molecule is COc1cc(/C=N/N(CC(C)C)C2=NS(=O)(=O)c3ccc(OCCCO)cc32)ccc1Cl. The summed E-state index contributed by atoms with van der Waals surface area (Å²) in [5, 5.41) is 15.5. The molecule has 1 heterocycles. The Labute approximate surface area is 193 Å². The van der Waals surface area contributed by atoms with Gasteiger partial charge < -0.3 is 14.6 Å². The number of hydrogen-bond acceptors (Lipinski definition) is 7. The molecular formula is C22H26ClN3O5S. The number of rotatable bonds is 9. The van der Waals surface area contributed by atoms with Crippen molar-refractivity contribution in [3.8, 4) is 11.5 Å². The van der Waals surface area contributed by atoms with Crippen LogP contribution in [0, 0.1) is 5.92 Å². The molecule has 32 heavy (non-hydrogen) atoms. The van der Waals surface area contributed by atoms with Crippen molar-refractivity contribution in [2.24, 2.45) is 15.4 Å². The number of aliphatic hydroxyl groups excluding tert-OH is 1. The van der Waals surface area contributed by atoms with Crippen LogP contribution in [0.5, 0.6) is 11.5 Å². The molecule has 8 nitrogen and oxygen atoms in total. The summed E-state index contributed by atoms with van der Waals surface area (Å²) >= 11 is 6.09. The van der Waals surface area contributed by atoms with Gasteiger partial charge in [-0.1, -0.05) is 31.5 Å². The maximum Gasteiger partial charge on any atom is 0.285 e. The molecular weight excluding hydrogens is 454 g/mol. The van der Waals surface area contributed by atoms with Crippen LogP contribution in [-0.2, 0) is 10.0 Å². The molecule has 1 N–H and O–H groups in total. The highest BCUT2D eigenvalue weighted by molar-refractivity contribution is 7.90. The molecule has 0 bridgehead atoms. The van der Waals surface area contributed by atoms with E-state index < -0.39 is 10.0 Å². The monoisotopic (exact) mass is 479 g/mol. The molecule has 0 fully saturated rings. The van der Waals surface area contributed by atoms with Gasteiger partial charge in [0.2, 0.25) is 0 Å². The van der Waals surface area contributed by atoms with Crippen molar-refractivity contribution in [1.29, 1.82) is 0 Å². The molecule has 10 heteroatoms. The summed E-state index contributed by atoms with van der Waals surface area (Å²) in [6.07, 6.45) is 2.08. The minimum absolute atomic E-state index is 0.0123. The second-order valence-corrected chi connectivity index (χ2v) is 9.57. The van der Waals surface area contributed by atoms with Gasteiger partial charge in [-0.05, 0) is 41.8 Å². The van der Waals surface area contributed by atoms with Crippen molar-refractivity contribution in [2.45, 2.75) is 25.2 Å². The van der Waals surface area contributed by atoms with E-state index in [9.17, 15) is 8.42 Å². The maximum absolute atomic E-state index is 12.6. The number of fused-ring (bicyclic) bond motifs is 1. The Morgan fingerprint density at radius 1 is 1.25 bits per heavy atom. The first-order valence-corrected chi connectivity index (χ1v) is 11.9. The number of ether oxygens (including phenoxy) is 2. The number of halogens is 1. The van der Waals surface area contributed by atoms with Crippen molar-refractivity contribution in [3.63, 3.8) is 0 Å². The molecule has 1 aliphatic heterocycles. The van der Waals surface area contributed by atoms with Gasteiger partial charge in [0, 0.05) is 25.1 Å². The fraction of sp³-hybridized carbons (Fsp3) is 0.364. The summed E-state index contributed by atoms with van der Waals surface area (Å²) in [7, 11) is -2.31. The molecule has 0 aromatic heterocycles. The molecule has 0 atom stereocenters. The number of hydrogen-bond donors (Lipinski definition) is 1. The van der Waals surface area contributed by atoms with E-state index in [-0.39, 0.29) is 23.3 Å². The average Bonchev–Trinajstić information content (AvgIpc) is 3.02. The molecule has 0 saturated heterocycles. The maximum atomic E-state index is 12.6. The number of amidine groups is 1. The van der Waals surface area contributed by atoms with E-state index in [0.29, 0.717) is 41.7 Å². The van der Waals surface area contributed by atoms with Gasteiger partial charge in [0.1, 0.15) is 16.4 Å². The fourth-order valence-electron chi connectivity index (χ4n) is 3.08. The Kier molecular flexibility index (Phi) is 7.76. The van der Waals surface area contributed by atoms with Crippen LogP contribution in [0.2, 0.25) is 5.02 Å². The van der Waals surface area contributed by atoms with Crippen LogP contribution in [-0.4, -0.2) is 57.5 Å². The van der Waals surface area contributed by atoms with Gasteiger partial charge in [0.25, 0.3) is 10.0 Å². The highest BCUT2D eigenvalue weighted by Gasteiger charge is 2.33. The topological polar surface area (TPSA) is 101 Å². The van der Waals surface area contributed by atoms with Crippen LogP contribution in [0.15, 0.2) is 50.8 Å². The number of benzene rings is 2. The van der Waals surface area contributed by atoms with E-state index in [1.807, 2.05) is 13.8 Å². The first kappa shape index (κ1) is 24.0. The predicted octanol–water partition coefficient (Wildman–Crippen LogP) is 3.55. The zero-order valence-corrected chi connectivity index (χ0v) is 19.7. The molecule has 3 rings (SSSR count). The number of sulfonamides is 1. The quantitative estimate of drug-likeness (QED) is 0.335. The largest absolute Gasteiger partial charge is 0.495 e. The van der Waals surface area contributed by atoms with E-state index >= 15 is 0 Å². The van der Waals surface area contributed by atoms with Gasteiger partial charge in [-0.25, -0.2) is 5.01 Å². The third-order valence-corrected chi connectivity index (χ3v) is 6.19. The lowest BCUT2D eigenvalue weighted by atomic mass is 10.1. The minimum Gasteiger partial charge on any atom is -0.495 e. The summed E-state index contributed by atoms with van der Waals surface area (Å²) in [6.45, 7) is 4.80. The van der Waals surface area contributed by atoms with Crippen LogP contribution in [0.4, 0.5) is 0 Å². The molecule has 0 unspecified atom stereocenters. The van der Waals surface area contributed by atoms with E-state index in [0.717, 1.165) is 5.56 Å². The summed E-state index contributed by atoms with van der Waals surface area (Å²) in [6, 6.07) is 9.95. The van der Waals surface area contributed by atoms with E-state index in [4.69, 9.17) is 26.2 Å². The lowest BCUT2D eigenvalue weighted by Crippen LogP contribution is -2.29. The first-order valence-electron chi connectivity index (χ1n) is 10.1. The molecule has 2 aromatic carbocycles. The summed E-state index contributed by atoms with van der Waals surface area (Å²) < 4.78 is 40.2. The van der Waals surface area contributed by atoms with Crippen molar-refractivity contribution in [1.82, 2.24) is 5.01 Å². The van der Waals surface area contributed by atoms with Crippen molar-refractivity contribution < 1.29 is 23.0 Å².